The summed E-state index contributed by atoms with van der Waals surface area (Å²) in [5.41, 5.74) is 2.78. The topological polar surface area (TPSA) is 39.2 Å². The van der Waals surface area contributed by atoms with Gasteiger partial charge in [-0.3, -0.25) is 9.78 Å². The zero-order chi connectivity index (χ0) is 15.1. The summed E-state index contributed by atoms with van der Waals surface area (Å²) in [7, 11) is 0. The third-order valence-electron chi connectivity index (χ3n) is 2.95. The van der Waals surface area contributed by atoms with E-state index in [4.69, 9.17) is 4.74 Å². The molecule has 0 radical (unpaired) electrons. The Balaban J connectivity index is 2.22. The van der Waals surface area contributed by atoms with Crippen molar-refractivity contribution in [2.45, 2.75) is 26.4 Å². The Kier molecular flexibility index (Phi) is 5.11. The molecular weight excluding hydrogens is 262 g/mol. The van der Waals surface area contributed by atoms with Crippen LogP contribution >= 0.6 is 0 Å². The Morgan fingerprint density at radius 1 is 1.24 bits per heavy atom. The molecule has 0 saturated carbocycles. The predicted molar refractivity (Wildman–Crippen MR) is 81.4 cm³/mol. The highest BCUT2D eigenvalue weighted by molar-refractivity contribution is 5.66. The molecule has 1 atom stereocenters. The van der Waals surface area contributed by atoms with E-state index in [-0.39, 0.29) is 5.97 Å². The number of hydrogen-bond acceptors (Lipinski definition) is 3. The quantitative estimate of drug-likeness (QED) is 0.639. The van der Waals surface area contributed by atoms with Gasteiger partial charge in [0.1, 0.15) is 0 Å². The lowest BCUT2D eigenvalue weighted by molar-refractivity contribution is -0.144. The van der Waals surface area contributed by atoms with Crippen LogP contribution in [0.2, 0.25) is 0 Å². The molecule has 0 fully saturated rings. The zero-order valence-corrected chi connectivity index (χ0v) is 12.2. The van der Waals surface area contributed by atoms with E-state index in [0.717, 1.165) is 12.0 Å². The van der Waals surface area contributed by atoms with Crippen molar-refractivity contribution in [2.75, 3.05) is 0 Å². The van der Waals surface area contributed by atoms with E-state index in [0.29, 0.717) is 5.69 Å². The molecule has 0 spiro atoms. The van der Waals surface area contributed by atoms with Crippen LogP contribution in [0.3, 0.4) is 0 Å². The van der Waals surface area contributed by atoms with Crippen molar-refractivity contribution >= 4 is 5.97 Å². The van der Waals surface area contributed by atoms with Crippen LogP contribution < -0.4 is 0 Å². The van der Waals surface area contributed by atoms with Crippen LogP contribution in [0, 0.1) is 11.8 Å². The molecular formula is C18H17NO2. The molecule has 106 valence electrons. The van der Waals surface area contributed by atoms with Crippen molar-refractivity contribution < 1.29 is 9.53 Å². The fourth-order valence-corrected chi connectivity index (χ4v) is 1.83. The smallest absolute Gasteiger partial charge is 0.304 e. The standard InChI is InChI=1S/C18H17NO2/c1-3-15-7-9-16(10-8-15)11-12-18(21-14(2)20)17-6-4-5-13-19-17/h4-10,13,18H,3H2,1-2H3. The van der Waals surface area contributed by atoms with Crippen LogP contribution in [0.25, 0.3) is 0 Å². The van der Waals surface area contributed by atoms with Gasteiger partial charge in [-0.2, -0.15) is 0 Å². The highest BCUT2D eigenvalue weighted by Gasteiger charge is 2.12. The fraction of sp³-hybridized carbons (Fsp3) is 0.222. The Morgan fingerprint density at radius 3 is 2.57 bits per heavy atom. The zero-order valence-electron chi connectivity index (χ0n) is 12.2. The maximum absolute atomic E-state index is 11.2. The van der Waals surface area contributed by atoms with Gasteiger partial charge in [-0.25, -0.2) is 0 Å². The third-order valence-corrected chi connectivity index (χ3v) is 2.95. The fourth-order valence-electron chi connectivity index (χ4n) is 1.83. The number of aromatic nitrogens is 1. The van der Waals surface area contributed by atoms with Gasteiger partial charge < -0.3 is 4.74 Å². The highest BCUT2D eigenvalue weighted by atomic mass is 16.5. The summed E-state index contributed by atoms with van der Waals surface area (Å²) < 4.78 is 5.23. The molecule has 0 saturated heterocycles. The molecule has 1 aromatic heterocycles. The van der Waals surface area contributed by atoms with Gasteiger partial charge in [0.2, 0.25) is 6.10 Å². The molecule has 0 aliphatic rings. The van der Waals surface area contributed by atoms with E-state index < -0.39 is 6.10 Å². The summed E-state index contributed by atoms with van der Waals surface area (Å²) in [6.45, 7) is 3.48. The van der Waals surface area contributed by atoms with Gasteiger partial charge in [-0.05, 0) is 42.2 Å². The molecule has 0 aliphatic heterocycles. The first-order valence-electron chi connectivity index (χ1n) is 6.87. The Morgan fingerprint density at radius 2 is 2.00 bits per heavy atom. The summed E-state index contributed by atoms with van der Waals surface area (Å²) in [5, 5.41) is 0. The molecule has 3 nitrogen and oxygen atoms in total. The molecule has 3 heteroatoms. The lowest BCUT2D eigenvalue weighted by Gasteiger charge is -2.09. The largest absolute Gasteiger partial charge is 0.443 e. The number of carbonyl (C=O) groups excluding carboxylic acids is 1. The Hall–Kier alpha value is -2.60. The second-order valence-electron chi connectivity index (χ2n) is 4.56. The summed E-state index contributed by atoms with van der Waals surface area (Å²) in [6, 6.07) is 13.5. The predicted octanol–water partition coefficient (Wildman–Crippen LogP) is 3.30. The average Bonchev–Trinajstić information content (AvgIpc) is 2.52. The highest BCUT2D eigenvalue weighted by Crippen LogP contribution is 2.14. The number of pyridine rings is 1. The number of benzene rings is 1. The van der Waals surface area contributed by atoms with Gasteiger partial charge in [-0.1, -0.05) is 31.0 Å². The monoisotopic (exact) mass is 279 g/mol. The van der Waals surface area contributed by atoms with Crippen LogP contribution in [0.1, 0.15) is 36.8 Å². The van der Waals surface area contributed by atoms with E-state index in [9.17, 15) is 4.79 Å². The van der Waals surface area contributed by atoms with Crippen LogP contribution in [-0.4, -0.2) is 11.0 Å². The first kappa shape index (κ1) is 14.8. The summed E-state index contributed by atoms with van der Waals surface area (Å²) in [5.74, 6) is 5.62. The van der Waals surface area contributed by atoms with Crippen LogP contribution in [0.15, 0.2) is 48.7 Å². The number of carbonyl (C=O) groups is 1. The molecule has 1 aromatic carbocycles. The van der Waals surface area contributed by atoms with Gasteiger partial charge in [0.15, 0.2) is 0 Å². The van der Waals surface area contributed by atoms with Crippen molar-refractivity contribution in [2.24, 2.45) is 0 Å². The second-order valence-corrected chi connectivity index (χ2v) is 4.56. The minimum absolute atomic E-state index is 0.374. The normalized spacial score (nSPS) is 11.1. The summed E-state index contributed by atoms with van der Waals surface area (Å²) >= 11 is 0. The number of aryl methyl sites for hydroxylation is 1. The maximum atomic E-state index is 11.2. The van der Waals surface area contributed by atoms with E-state index in [2.05, 4.69) is 23.7 Å². The molecule has 2 aromatic rings. The Labute approximate surface area is 125 Å². The number of hydrogen-bond donors (Lipinski definition) is 0. The SMILES string of the molecule is CCc1ccc(C#CC(OC(C)=O)c2ccccn2)cc1. The van der Waals surface area contributed by atoms with Gasteiger partial charge in [0.05, 0.1) is 5.69 Å². The molecule has 1 unspecified atom stereocenters. The molecule has 0 N–H and O–H groups in total. The molecule has 0 aliphatic carbocycles. The van der Waals surface area contributed by atoms with Crippen molar-refractivity contribution in [1.82, 2.24) is 4.98 Å². The molecule has 21 heavy (non-hydrogen) atoms. The van der Waals surface area contributed by atoms with Crippen LogP contribution in [0.5, 0.6) is 0 Å². The number of rotatable bonds is 3. The van der Waals surface area contributed by atoms with Crippen LogP contribution in [0.4, 0.5) is 0 Å². The van der Waals surface area contributed by atoms with Crippen molar-refractivity contribution in [3.63, 3.8) is 0 Å². The van der Waals surface area contributed by atoms with E-state index >= 15 is 0 Å². The maximum Gasteiger partial charge on any atom is 0.304 e. The minimum atomic E-state index is -0.644. The van der Waals surface area contributed by atoms with Gasteiger partial charge in [0, 0.05) is 18.7 Å². The Bertz CT molecular complexity index is 651. The first-order valence-corrected chi connectivity index (χ1v) is 6.87. The van der Waals surface area contributed by atoms with E-state index in [1.54, 1.807) is 12.3 Å². The molecule has 1 heterocycles. The van der Waals surface area contributed by atoms with Gasteiger partial charge >= 0.3 is 5.97 Å². The van der Waals surface area contributed by atoms with Crippen molar-refractivity contribution in [3.8, 4) is 11.8 Å². The average molecular weight is 279 g/mol. The summed E-state index contributed by atoms with van der Waals surface area (Å²) in [4.78, 5) is 15.4. The first-order chi connectivity index (χ1) is 10.2. The third kappa shape index (κ3) is 4.47. The van der Waals surface area contributed by atoms with Gasteiger partial charge in [0.25, 0.3) is 0 Å². The molecule has 0 amide bonds. The van der Waals surface area contributed by atoms with Crippen molar-refractivity contribution in [3.05, 3.63) is 65.5 Å². The summed E-state index contributed by atoms with van der Waals surface area (Å²) in [6.07, 6.45) is 2.01. The van der Waals surface area contributed by atoms with E-state index in [1.165, 1.54) is 12.5 Å². The van der Waals surface area contributed by atoms with Gasteiger partial charge in [-0.15, -0.1) is 0 Å². The second kappa shape index (κ2) is 7.25. The number of nitrogens with zero attached hydrogens (tertiary/aromatic N) is 1. The molecule has 2 rings (SSSR count). The number of esters is 1. The number of ether oxygens (including phenoxy) is 1. The van der Waals surface area contributed by atoms with Crippen LogP contribution in [-0.2, 0) is 16.0 Å². The van der Waals surface area contributed by atoms with E-state index in [1.807, 2.05) is 36.4 Å². The molecule has 0 bridgehead atoms. The lowest BCUT2D eigenvalue weighted by atomic mass is 10.1. The van der Waals surface area contributed by atoms with Crippen molar-refractivity contribution in [1.29, 1.82) is 0 Å². The minimum Gasteiger partial charge on any atom is -0.443 e. The lowest BCUT2D eigenvalue weighted by Crippen LogP contribution is -2.08.